The topological polar surface area (TPSA) is 60.4 Å². The molecule has 26 heavy (non-hydrogen) atoms. The second-order valence-corrected chi connectivity index (χ2v) is 7.22. The van der Waals surface area contributed by atoms with Crippen LogP contribution in [0.2, 0.25) is 10.0 Å². The van der Waals surface area contributed by atoms with Crippen LogP contribution in [-0.4, -0.2) is 15.9 Å². The van der Waals surface area contributed by atoms with Crippen LogP contribution in [0, 0.1) is 6.92 Å². The summed E-state index contributed by atoms with van der Waals surface area (Å²) in [5.74, 6) is 1.55. The third kappa shape index (κ3) is 3.07. The highest BCUT2D eigenvalue weighted by Gasteiger charge is 2.10. The molecular formula is C18H11Cl2N3O2S. The molecule has 1 aromatic carbocycles. The summed E-state index contributed by atoms with van der Waals surface area (Å²) in [6.07, 6.45) is 1.47. The van der Waals surface area contributed by atoms with Gasteiger partial charge in [0.1, 0.15) is 22.2 Å². The standard InChI is InChI=1S/C18H11Cl2N3O2S/c1-10-22-17-13(6-7-26-17)18(24)23(10)21-9-12-3-5-16(25-12)14-8-11(19)2-4-15(14)20/h2-9H,1H3/b21-9-. The Balaban J connectivity index is 1.70. The minimum Gasteiger partial charge on any atom is -0.455 e. The molecule has 0 saturated heterocycles. The van der Waals surface area contributed by atoms with Crippen molar-refractivity contribution in [1.82, 2.24) is 9.66 Å². The Morgan fingerprint density at radius 1 is 1.23 bits per heavy atom. The van der Waals surface area contributed by atoms with Crippen LogP contribution >= 0.6 is 34.5 Å². The van der Waals surface area contributed by atoms with Crippen LogP contribution in [0.15, 0.2) is 56.1 Å². The summed E-state index contributed by atoms with van der Waals surface area (Å²) < 4.78 is 7.01. The number of aryl methyl sites for hydroxylation is 1. The van der Waals surface area contributed by atoms with Gasteiger partial charge in [-0.1, -0.05) is 23.2 Å². The van der Waals surface area contributed by atoms with Crippen molar-refractivity contribution in [2.45, 2.75) is 6.92 Å². The number of hydrogen-bond acceptors (Lipinski definition) is 5. The van der Waals surface area contributed by atoms with E-state index in [2.05, 4.69) is 10.1 Å². The summed E-state index contributed by atoms with van der Waals surface area (Å²) in [5.41, 5.74) is 0.475. The Kier molecular flexibility index (Phi) is 4.40. The maximum atomic E-state index is 12.5. The van der Waals surface area contributed by atoms with Gasteiger partial charge in [-0.15, -0.1) is 11.3 Å². The van der Waals surface area contributed by atoms with Crippen molar-refractivity contribution in [2.75, 3.05) is 0 Å². The molecule has 0 aliphatic carbocycles. The second kappa shape index (κ2) is 6.72. The SMILES string of the molecule is Cc1nc2sccc2c(=O)n1/N=C\c1ccc(-c2cc(Cl)ccc2Cl)o1. The van der Waals surface area contributed by atoms with Gasteiger partial charge in [0.25, 0.3) is 5.56 Å². The molecule has 0 aliphatic heterocycles. The Labute approximate surface area is 162 Å². The minimum absolute atomic E-state index is 0.213. The number of rotatable bonds is 3. The quantitative estimate of drug-likeness (QED) is 0.440. The molecule has 130 valence electrons. The maximum Gasteiger partial charge on any atom is 0.282 e. The first-order valence-electron chi connectivity index (χ1n) is 7.59. The van der Waals surface area contributed by atoms with Gasteiger partial charge in [0, 0.05) is 10.6 Å². The van der Waals surface area contributed by atoms with Crippen LogP contribution in [0.25, 0.3) is 21.5 Å². The van der Waals surface area contributed by atoms with Crippen LogP contribution in [0.1, 0.15) is 11.6 Å². The molecular weight excluding hydrogens is 393 g/mol. The second-order valence-electron chi connectivity index (χ2n) is 5.49. The zero-order valence-corrected chi connectivity index (χ0v) is 15.8. The highest BCUT2D eigenvalue weighted by molar-refractivity contribution is 7.16. The number of halogens is 2. The van der Waals surface area contributed by atoms with Crippen molar-refractivity contribution in [2.24, 2.45) is 5.10 Å². The summed E-state index contributed by atoms with van der Waals surface area (Å²) >= 11 is 13.6. The molecule has 0 atom stereocenters. The summed E-state index contributed by atoms with van der Waals surface area (Å²) in [5, 5.41) is 7.70. The molecule has 3 aromatic heterocycles. The molecule has 0 amide bonds. The summed E-state index contributed by atoms with van der Waals surface area (Å²) in [6, 6.07) is 10.4. The maximum absolute atomic E-state index is 12.5. The predicted molar refractivity (Wildman–Crippen MR) is 106 cm³/mol. The molecule has 3 heterocycles. The molecule has 0 unspecified atom stereocenters. The van der Waals surface area contributed by atoms with Crippen molar-refractivity contribution in [3.05, 3.63) is 73.8 Å². The van der Waals surface area contributed by atoms with E-state index in [0.29, 0.717) is 43.2 Å². The number of benzene rings is 1. The first-order valence-corrected chi connectivity index (χ1v) is 9.23. The smallest absolute Gasteiger partial charge is 0.282 e. The molecule has 0 spiro atoms. The van der Waals surface area contributed by atoms with E-state index in [1.807, 2.05) is 5.38 Å². The van der Waals surface area contributed by atoms with E-state index in [9.17, 15) is 4.79 Å². The Morgan fingerprint density at radius 3 is 2.92 bits per heavy atom. The van der Waals surface area contributed by atoms with E-state index in [0.717, 1.165) is 0 Å². The lowest BCUT2D eigenvalue weighted by atomic mass is 10.2. The number of fused-ring (bicyclic) bond motifs is 1. The number of furan rings is 1. The van der Waals surface area contributed by atoms with Crippen LogP contribution < -0.4 is 5.56 Å². The lowest BCUT2D eigenvalue weighted by molar-refractivity contribution is 0.574. The number of nitrogens with zero attached hydrogens (tertiary/aromatic N) is 3. The molecule has 4 rings (SSSR count). The number of thiophene rings is 1. The van der Waals surface area contributed by atoms with Gasteiger partial charge in [0.15, 0.2) is 0 Å². The van der Waals surface area contributed by atoms with E-state index >= 15 is 0 Å². The Hall–Kier alpha value is -2.41. The summed E-state index contributed by atoms with van der Waals surface area (Å²) in [6.45, 7) is 1.73. The molecule has 0 radical (unpaired) electrons. The van der Waals surface area contributed by atoms with Crippen molar-refractivity contribution >= 4 is 51.0 Å². The first kappa shape index (κ1) is 17.0. The Morgan fingerprint density at radius 2 is 2.08 bits per heavy atom. The van der Waals surface area contributed by atoms with Gasteiger partial charge < -0.3 is 4.42 Å². The highest BCUT2D eigenvalue weighted by atomic mass is 35.5. The predicted octanol–water partition coefficient (Wildman–Crippen LogP) is 5.22. The number of aromatic nitrogens is 2. The zero-order chi connectivity index (χ0) is 18.3. The van der Waals surface area contributed by atoms with Crippen LogP contribution in [-0.2, 0) is 0 Å². The van der Waals surface area contributed by atoms with Gasteiger partial charge in [0.2, 0.25) is 0 Å². The number of hydrogen-bond donors (Lipinski definition) is 0. The normalized spacial score (nSPS) is 11.7. The first-order chi connectivity index (χ1) is 12.5. The van der Waals surface area contributed by atoms with Gasteiger partial charge >= 0.3 is 0 Å². The zero-order valence-electron chi connectivity index (χ0n) is 13.4. The molecule has 0 N–H and O–H groups in total. The molecule has 0 saturated carbocycles. The molecule has 4 aromatic rings. The fraction of sp³-hybridized carbons (Fsp3) is 0.0556. The van der Waals surface area contributed by atoms with Crippen LogP contribution in [0.5, 0.6) is 0 Å². The van der Waals surface area contributed by atoms with E-state index < -0.39 is 0 Å². The molecule has 5 nitrogen and oxygen atoms in total. The van der Waals surface area contributed by atoms with Crippen molar-refractivity contribution in [3.8, 4) is 11.3 Å². The summed E-state index contributed by atoms with van der Waals surface area (Å²) in [7, 11) is 0. The fourth-order valence-corrected chi connectivity index (χ4v) is 3.69. The van der Waals surface area contributed by atoms with Crippen molar-refractivity contribution in [3.63, 3.8) is 0 Å². The van der Waals surface area contributed by atoms with E-state index in [1.54, 1.807) is 43.3 Å². The van der Waals surface area contributed by atoms with Gasteiger partial charge in [0.05, 0.1) is 16.6 Å². The average Bonchev–Trinajstić information content (AvgIpc) is 3.26. The molecule has 0 bridgehead atoms. The van der Waals surface area contributed by atoms with Gasteiger partial charge in [-0.2, -0.15) is 9.78 Å². The van der Waals surface area contributed by atoms with E-state index in [-0.39, 0.29) is 5.56 Å². The van der Waals surface area contributed by atoms with E-state index in [4.69, 9.17) is 27.6 Å². The van der Waals surface area contributed by atoms with Crippen LogP contribution in [0.3, 0.4) is 0 Å². The molecule has 0 fully saturated rings. The molecule has 8 heteroatoms. The average molecular weight is 404 g/mol. The molecule has 0 aliphatic rings. The summed E-state index contributed by atoms with van der Waals surface area (Å²) in [4.78, 5) is 17.6. The lowest BCUT2D eigenvalue weighted by Crippen LogP contribution is -2.19. The highest BCUT2D eigenvalue weighted by Crippen LogP contribution is 2.31. The van der Waals surface area contributed by atoms with Crippen molar-refractivity contribution < 1.29 is 4.42 Å². The van der Waals surface area contributed by atoms with Gasteiger partial charge in [-0.05, 0) is 48.7 Å². The lowest BCUT2D eigenvalue weighted by Gasteiger charge is -2.02. The monoisotopic (exact) mass is 403 g/mol. The third-order valence-corrected chi connectivity index (χ3v) is 5.13. The fourth-order valence-electron chi connectivity index (χ4n) is 2.51. The third-order valence-electron chi connectivity index (χ3n) is 3.76. The van der Waals surface area contributed by atoms with Crippen LogP contribution in [0.4, 0.5) is 0 Å². The Bertz CT molecular complexity index is 1210. The van der Waals surface area contributed by atoms with Crippen molar-refractivity contribution in [1.29, 1.82) is 0 Å². The van der Waals surface area contributed by atoms with Gasteiger partial charge in [-0.25, -0.2) is 4.98 Å². The van der Waals surface area contributed by atoms with E-state index in [1.165, 1.54) is 22.2 Å². The minimum atomic E-state index is -0.213. The van der Waals surface area contributed by atoms with Gasteiger partial charge in [-0.3, -0.25) is 4.79 Å². The largest absolute Gasteiger partial charge is 0.455 e.